The topological polar surface area (TPSA) is 82.0 Å². The second-order valence-electron chi connectivity index (χ2n) is 2.10. The van der Waals surface area contributed by atoms with E-state index in [0.717, 1.165) is 0 Å². The second kappa shape index (κ2) is 3.14. The Morgan fingerprint density at radius 3 is 2.91 bits per heavy atom. The highest BCUT2D eigenvalue weighted by Crippen LogP contribution is 1.97. The van der Waals surface area contributed by atoms with E-state index in [-0.39, 0.29) is 12.3 Å². The predicted molar refractivity (Wildman–Crippen MR) is 36.6 cm³/mol. The Morgan fingerprint density at radius 1 is 1.73 bits per heavy atom. The first-order valence-corrected chi connectivity index (χ1v) is 3.32. The highest BCUT2D eigenvalue weighted by atomic mass is 16.5. The minimum Gasteiger partial charge on any atom is -0.369 e. The van der Waals surface area contributed by atoms with Crippen LogP contribution in [0.25, 0.3) is 0 Å². The molecule has 5 heteroatoms. The number of aromatic nitrogens is 2. The van der Waals surface area contributed by atoms with Gasteiger partial charge in [0.1, 0.15) is 6.42 Å². The van der Waals surface area contributed by atoms with Crippen LogP contribution in [0.4, 0.5) is 0 Å². The molecule has 1 aromatic rings. The molecule has 2 N–H and O–H groups in total. The Hall–Kier alpha value is -1.39. The summed E-state index contributed by atoms with van der Waals surface area (Å²) in [7, 11) is 0. The minimum atomic E-state index is -0.462. The van der Waals surface area contributed by atoms with Crippen LogP contribution < -0.4 is 5.73 Å². The molecule has 0 aliphatic rings. The van der Waals surface area contributed by atoms with Crippen molar-refractivity contribution in [1.29, 1.82) is 0 Å². The average Bonchev–Trinajstić information content (AvgIpc) is 2.34. The lowest BCUT2D eigenvalue weighted by atomic mass is 10.4. The monoisotopic (exact) mass is 155 g/mol. The van der Waals surface area contributed by atoms with Gasteiger partial charge in [-0.3, -0.25) is 4.79 Å². The molecule has 0 fully saturated rings. The van der Waals surface area contributed by atoms with Crippen LogP contribution >= 0.6 is 0 Å². The van der Waals surface area contributed by atoms with Gasteiger partial charge in [-0.25, -0.2) is 0 Å². The second-order valence-corrected chi connectivity index (χ2v) is 2.10. The van der Waals surface area contributed by atoms with Crippen molar-refractivity contribution in [2.24, 2.45) is 5.73 Å². The third kappa shape index (κ3) is 2.03. The summed E-state index contributed by atoms with van der Waals surface area (Å²) >= 11 is 0. The van der Waals surface area contributed by atoms with E-state index in [2.05, 4.69) is 10.1 Å². The van der Waals surface area contributed by atoms with E-state index in [1.807, 2.05) is 6.92 Å². The molecular formula is C6H9N3O2. The number of hydrogen-bond acceptors (Lipinski definition) is 4. The van der Waals surface area contributed by atoms with E-state index in [1.54, 1.807) is 0 Å². The summed E-state index contributed by atoms with van der Waals surface area (Å²) in [6.45, 7) is 1.90. The molecule has 0 unspecified atom stereocenters. The number of rotatable bonds is 3. The first-order valence-electron chi connectivity index (χ1n) is 3.32. The van der Waals surface area contributed by atoms with Gasteiger partial charge in [-0.1, -0.05) is 12.1 Å². The molecule has 0 atom stereocenters. The van der Waals surface area contributed by atoms with Gasteiger partial charge >= 0.3 is 0 Å². The Morgan fingerprint density at radius 2 is 2.45 bits per heavy atom. The van der Waals surface area contributed by atoms with E-state index in [9.17, 15) is 4.79 Å². The Bertz CT molecular complexity index is 256. The Labute approximate surface area is 63.6 Å². The van der Waals surface area contributed by atoms with Gasteiger partial charge in [-0.05, 0) is 0 Å². The number of nitrogens with zero attached hydrogens (tertiary/aromatic N) is 2. The van der Waals surface area contributed by atoms with Crippen LogP contribution in [0.15, 0.2) is 4.52 Å². The van der Waals surface area contributed by atoms with Crippen LogP contribution in [-0.2, 0) is 17.6 Å². The van der Waals surface area contributed by atoms with Crippen LogP contribution in [0, 0.1) is 0 Å². The maximum atomic E-state index is 10.4. The molecule has 0 spiro atoms. The quantitative estimate of drug-likeness (QED) is 0.647. The molecule has 5 nitrogen and oxygen atoms in total. The third-order valence-electron chi connectivity index (χ3n) is 1.15. The summed E-state index contributed by atoms with van der Waals surface area (Å²) in [5.41, 5.74) is 4.91. The molecule has 1 rings (SSSR count). The zero-order valence-corrected chi connectivity index (χ0v) is 6.20. The highest BCUT2D eigenvalue weighted by molar-refractivity contribution is 5.75. The van der Waals surface area contributed by atoms with Gasteiger partial charge < -0.3 is 10.3 Å². The predicted octanol–water partition coefficient (Wildman–Crippen LogP) is -0.340. The number of nitrogens with two attached hydrogens (primary N) is 1. The van der Waals surface area contributed by atoms with Crippen molar-refractivity contribution in [3.8, 4) is 0 Å². The standard InChI is InChI=1S/C6H9N3O2/c1-2-5-8-6(11-9-5)3-4(7)10/h2-3H2,1H3,(H2,7,10). The zero-order valence-electron chi connectivity index (χ0n) is 6.20. The van der Waals surface area contributed by atoms with Gasteiger partial charge in [0.15, 0.2) is 5.82 Å². The summed E-state index contributed by atoms with van der Waals surface area (Å²) in [6.07, 6.45) is 0.718. The average molecular weight is 155 g/mol. The van der Waals surface area contributed by atoms with Crippen LogP contribution in [0.3, 0.4) is 0 Å². The summed E-state index contributed by atoms with van der Waals surface area (Å²) in [6, 6.07) is 0. The molecule has 0 bridgehead atoms. The maximum Gasteiger partial charge on any atom is 0.236 e. The smallest absolute Gasteiger partial charge is 0.236 e. The summed E-state index contributed by atoms with van der Waals surface area (Å²) in [5, 5.41) is 3.59. The lowest BCUT2D eigenvalue weighted by molar-refractivity contribution is -0.117. The fraction of sp³-hybridized carbons (Fsp3) is 0.500. The Balaban J connectivity index is 2.65. The number of carbonyl (C=O) groups is 1. The summed E-state index contributed by atoms with van der Waals surface area (Å²) in [4.78, 5) is 14.3. The molecule has 0 aliphatic heterocycles. The van der Waals surface area contributed by atoms with Gasteiger partial charge in [0.25, 0.3) is 0 Å². The zero-order chi connectivity index (χ0) is 8.27. The number of hydrogen-bond donors (Lipinski definition) is 1. The summed E-state index contributed by atoms with van der Waals surface area (Å²) < 4.78 is 4.70. The fourth-order valence-electron chi connectivity index (χ4n) is 0.655. The van der Waals surface area contributed by atoms with Crippen molar-refractivity contribution in [2.75, 3.05) is 0 Å². The number of amides is 1. The minimum absolute atomic E-state index is 0.0208. The molecule has 1 aromatic heterocycles. The molecule has 11 heavy (non-hydrogen) atoms. The molecule has 1 amide bonds. The summed E-state index contributed by atoms with van der Waals surface area (Å²) in [5.74, 6) is 0.423. The van der Waals surface area contributed by atoms with Crippen molar-refractivity contribution in [3.05, 3.63) is 11.7 Å². The van der Waals surface area contributed by atoms with Crippen LogP contribution in [0.1, 0.15) is 18.6 Å². The van der Waals surface area contributed by atoms with Gasteiger partial charge in [0.05, 0.1) is 0 Å². The highest BCUT2D eigenvalue weighted by Gasteiger charge is 2.06. The molecule has 1 heterocycles. The van der Waals surface area contributed by atoms with Gasteiger partial charge in [0, 0.05) is 6.42 Å². The largest absolute Gasteiger partial charge is 0.369 e. The molecular weight excluding hydrogens is 146 g/mol. The Kier molecular flexibility index (Phi) is 2.20. The SMILES string of the molecule is CCc1noc(CC(N)=O)n1. The van der Waals surface area contributed by atoms with Crippen molar-refractivity contribution in [2.45, 2.75) is 19.8 Å². The van der Waals surface area contributed by atoms with Crippen molar-refractivity contribution in [1.82, 2.24) is 10.1 Å². The maximum absolute atomic E-state index is 10.4. The first kappa shape index (κ1) is 7.71. The lowest BCUT2D eigenvalue weighted by Crippen LogP contribution is -2.13. The van der Waals surface area contributed by atoms with Crippen LogP contribution in [0.5, 0.6) is 0 Å². The van der Waals surface area contributed by atoms with Crippen molar-refractivity contribution >= 4 is 5.91 Å². The number of aryl methyl sites for hydroxylation is 1. The van der Waals surface area contributed by atoms with E-state index < -0.39 is 5.91 Å². The van der Waals surface area contributed by atoms with Crippen LogP contribution in [0.2, 0.25) is 0 Å². The van der Waals surface area contributed by atoms with E-state index >= 15 is 0 Å². The molecule has 0 saturated carbocycles. The molecule has 0 saturated heterocycles. The molecule has 0 aliphatic carbocycles. The van der Waals surface area contributed by atoms with E-state index in [4.69, 9.17) is 10.3 Å². The van der Waals surface area contributed by atoms with Gasteiger partial charge in [-0.15, -0.1) is 0 Å². The molecule has 0 radical (unpaired) electrons. The molecule has 0 aromatic carbocycles. The van der Waals surface area contributed by atoms with Crippen molar-refractivity contribution < 1.29 is 9.32 Å². The lowest BCUT2D eigenvalue weighted by Gasteiger charge is -1.83. The number of carbonyl (C=O) groups excluding carboxylic acids is 1. The van der Waals surface area contributed by atoms with E-state index in [1.165, 1.54) is 0 Å². The normalized spacial score (nSPS) is 9.91. The van der Waals surface area contributed by atoms with Gasteiger partial charge in [-0.2, -0.15) is 4.98 Å². The van der Waals surface area contributed by atoms with Crippen molar-refractivity contribution in [3.63, 3.8) is 0 Å². The first-order chi connectivity index (χ1) is 5.22. The number of primary amides is 1. The third-order valence-corrected chi connectivity index (χ3v) is 1.15. The fourth-order valence-corrected chi connectivity index (χ4v) is 0.655. The van der Waals surface area contributed by atoms with Gasteiger partial charge in [0.2, 0.25) is 11.8 Å². The van der Waals surface area contributed by atoms with E-state index in [0.29, 0.717) is 12.2 Å². The molecule has 60 valence electrons. The van der Waals surface area contributed by atoms with Crippen LogP contribution in [-0.4, -0.2) is 16.0 Å².